The van der Waals surface area contributed by atoms with Crippen LogP contribution < -0.4 is 5.32 Å². The fourth-order valence-corrected chi connectivity index (χ4v) is 1.78. The molecule has 0 aliphatic rings. The van der Waals surface area contributed by atoms with E-state index >= 15 is 0 Å². The van der Waals surface area contributed by atoms with E-state index in [1.165, 1.54) is 0 Å². The molecule has 0 fully saturated rings. The Bertz CT molecular complexity index is 627. The first-order valence-electron chi connectivity index (χ1n) is 5.37. The number of furan rings is 1. The van der Waals surface area contributed by atoms with Gasteiger partial charge in [0.2, 0.25) is 0 Å². The third-order valence-corrected chi connectivity index (χ3v) is 2.65. The summed E-state index contributed by atoms with van der Waals surface area (Å²) < 4.78 is 7.22. The molecule has 3 rings (SSSR count). The molecule has 0 saturated carbocycles. The highest BCUT2D eigenvalue weighted by atomic mass is 16.3. The fourth-order valence-electron chi connectivity index (χ4n) is 1.78. The Morgan fingerprint density at radius 2 is 2.29 bits per heavy atom. The predicted molar refractivity (Wildman–Crippen MR) is 64.5 cm³/mol. The molecular weight excluding hydrogens is 216 g/mol. The minimum absolute atomic E-state index is 0.607. The summed E-state index contributed by atoms with van der Waals surface area (Å²) in [7, 11) is 1.96. The lowest BCUT2D eigenvalue weighted by atomic mass is 10.3. The number of fused-ring (bicyclic) bond motifs is 1. The lowest BCUT2D eigenvalue weighted by molar-refractivity contribution is 0.518. The minimum Gasteiger partial charge on any atom is -0.467 e. The van der Waals surface area contributed by atoms with Gasteiger partial charge in [-0.25, -0.2) is 9.97 Å². The highest BCUT2D eigenvalue weighted by Gasteiger charge is 2.06. The Morgan fingerprint density at radius 3 is 3.12 bits per heavy atom. The van der Waals surface area contributed by atoms with Gasteiger partial charge in [0.15, 0.2) is 5.82 Å². The molecule has 3 aromatic heterocycles. The summed E-state index contributed by atoms with van der Waals surface area (Å²) in [6, 6.07) is 5.73. The molecule has 17 heavy (non-hydrogen) atoms. The van der Waals surface area contributed by atoms with Gasteiger partial charge in [0.05, 0.1) is 24.7 Å². The van der Waals surface area contributed by atoms with Crippen LogP contribution in [0.1, 0.15) is 5.76 Å². The number of anilines is 1. The van der Waals surface area contributed by atoms with Crippen molar-refractivity contribution in [3.63, 3.8) is 0 Å². The summed E-state index contributed by atoms with van der Waals surface area (Å²) in [5, 5.41) is 3.22. The molecule has 0 aromatic carbocycles. The molecule has 3 heterocycles. The van der Waals surface area contributed by atoms with Gasteiger partial charge in [-0.15, -0.1) is 0 Å². The molecule has 0 radical (unpaired) electrons. The summed E-state index contributed by atoms with van der Waals surface area (Å²) in [5.41, 5.74) is 1.93. The molecule has 0 spiro atoms. The van der Waals surface area contributed by atoms with E-state index in [1.54, 1.807) is 18.8 Å². The number of imidazole rings is 1. The van der Waals surface area contributed by atoms with Crippen molar-refractivity contribution in [3.8, 4) is 0 Å². The number of nitrogens with zero attached hydrogens (tertiary/aromatic N) is 3. The van der Waals surface area contributed by atoms with E-state index in [4.69, 9.17) is 4.42 Å². The van der Waals surface area contributed by atoms with Crippen LogP contribution in [0.25, 0.3) is 11.0 Å². The topological polar surface area (TPSA) is 55.9 Å². The average Bonchev–Trinajstić information content (AvgIpc) is 2.97. The highest BCUT2D eigenvalue weighted by Crippen LogP contribution is 2.19. The van der Waals surface area contributed by atoms with Crippen molar-refractivity contribution in [2.24, 2.45) is 7.05 Å². The standard InChI is InChI=1S/C12H12N4O/c1-16-8-15-11-10(16)4-5-13-12(11)14-7-9-3-2-6-17-9/h2-6,8H,7H2,1H3,(H,13,14). The lowest BCUT2D eigenvalue weighted by Gasteiger charge is -2.04. The maximum atomic E-state index is 5.26. The molecular formula is C12H12N4O. The zero-order chi connectivity index (χ0) is 11.7. The highest BCUT2D eigenvalue weighted by molar-refractivity contribution is 5.85. The Morgan fingerprint density at radius 1 is 1.35 bits per heavy atom. The Labute approximate surface area is 98.1 Å². The zero-order valence-electron chi connectivity index (χ0n) is 9.42. The number of nitrogens with one attached hydrogen (secondary N) is 1. The maximum Gasteiger partial charge on any atom is 0.154 e. The third-order valence-electron chi connectivity index (χ3n) is 2.65. The molecule has 86 valence electrons. The Balaban J connectivity index is 1.90. The third kappa shape index (κ3) is 1.75. The van der Waals surface area contributed by atoms with Crippen LogP contribution in [0, 0.1) is 0 Å². The largest absolute Gasteiger partial charge is 0.467 e. The van der Waals surface area contributed by atoms with E-state index in [0.29, 0.717) is 6.54 Å². The smallest absolute Gasteiger partial charge is 0.154 e. The second kappa shape index (κ2) is 3.93. The second-order valence-electron chi connectivity index (χ2n) is 3.82. The average molecular weight is 228 g/mol. The number of aromatic nitrogens is 3. The predicted octanol–water partition coefficient (Wildman–Crippen LogP) is 2.17. The van der Waals surface area contributed by atoms with Crippen molar-refractivity contribution in [3.05, 3.63) is 42.7 Å². The number of hydrogen-bond acceptors (Lipinski definition) is 4. The minimum atomic E-state index is 0.607. The molecule has 0 amide bonds. The first kappa shape index (κ1) is 9.89. The summed E-state index contributed by atoms with van der Waals surface area (Å²) in [6.45, 7) is 0.607. The van der Waals surface area contributed by atoms with Gasteiger partial charge < -0.3 is 14.3 Å². The van der Waals surface area contributed by atoms with E-state index in [9.17, 15) is 0 Å². The number of pyridine rings is 1. The fraction of sp³-hybridized carbons (Fsp3) is 0.167. The maximum absolute atomic E-state index is 5.26. The van der Waals surface area contributed by atoms with E-state index in [0.717, 1.165) is 22.6 Å². The van der Waals surface area contributed by atoms with Crippen LogP contribution in [-0.4, -0.2) is 14.5 Å². The Hall–Kier alpha value is -2.30. The van der Waals surface area contributed by atoms with Crippen molar-refractivity contribution < 1.29 is 4.42 Å². The first-order valence-corrected chi connectivity index (χ1v) is 5.37. The molecule has 0 atom stereocenters. The molecule has 3 aromatic rings. The normalized spacial score (nSPS) is 10.9. The van der Waals surface area contributed by atoms with Crippen LogP contribution in [0.15, 0.2) is 41.4 Å². The molecule has 1 N–H and O–H groups in total. The molecule has 0 saturated heterocycles. The van der Waals surface area contributed by atoms with Gasteiger partial charge in [-0.1, -0.05) is 0 Å². The Kier molecular flexibility index (Phi) is 2.29. The SMILES string of the molecule is Cn1cnc2c(NCc3ccco3)nccc21. The van der Waals surface area contributed by atoms with Gasteiger partial charge >= 0.3 is 0 Å². The quantitative estimate of drug-likeness (QED) is 0.746. The summed E-state index contributed by atoms with van der Waals surface area (Å²) in [5.74, 6) is 1.65. The number of hydrogen-bond donors (Lipinski definition) is 1. The van der Waals surface area contributed by atoms with Gasteiger partial charge in [0.1, 0.15) is 11.3 Å². The van der Waals surface area contributed by atoms with Crippen LogP contribution >= 0.6 is 0 Å². The van der Waals surface area contributed by atoms with Crippen molar-refractivity contribution in [2.45, 2.75) is 6.54 Å². The second-order valence-corrected chi connectivity index (χ2v) is 3.82. The first-order chi connectivity index (χ1) is 8.34. The van der Waals surface area contributed by atoms with Gasteiger partial charge in [0, 0.05) is 13.2 Å². The molecule has 0 aliphatic carbocycles. The molecule has 0 bridgehead atoms. The lowest BCUT2D eigenvalue weighted by Crippen LogP contribution is -2.01. The van der Waals surface area contributed by atoms with E-state index in [-0.39, 0.29) is 0 Å². The van der Waals surface area contributed by atoms with Gasteiger partial charge in [-0.05, 0) is 18.2 Å². The van der Waals surface area contributed by atoms with Gasteiger partial charge in [-0.2, -0.15) is 0 Å². The van der Waals surface area contributed by atoms with Crippen LogP contribution in [-0.2, 0) is 13.6 Å². The van der Waals surface area contributed by atoms with Crippen molar-refractivity contribution >= 4 is 16.9 Å². The van der Waals surface area contributed by atoms with Crippen LogP contribution in [0.3, 0.4) is 0 Å². The summed E-state index contributed by atoms with van der Waals surface area (Å²) in [6.07, 6.45) is 5.21. The molecule has 0 aliphatic heterocycles. The molecule has 5 nitrogen and oxygen atoms in total. The van der Waals surface area contributed by atoms with Crippen molar-refractivity contribution in [1.29, 1.82) is 0 Å². The summed E-state index contributed by atoms with van der Waals surface area (Å²) >= 11 is 0. The monoisotopic (exact) mass is 228 g/mol. The van der Waals surface area contributed by atoms with Crippen LogP contribution in [0.2, 0.25) is 0 Å². The van der Waals surface area contributed by atoms with Crippen LogP contribution in [0.5, 0.6) is 0 Å². The van der Waals surface area contributed by atoms with E-state index < -0.39 is 0 Å². The molecule has 0 unspecified atom stereocenters. The summed E-state index contributed by atoms with van der Waals surface area (Å²) in [4.78, 5) is 8.62. The van der Waals surface area contributed by atoms with Gasteiger partial charge in [0.25, 0.3) is 0 Å². The molecule has 5 heteroatoms. The van der Waals surface area contributed by atoms with Gasteiger partial charge in [-0.3, -0.25) is 0 Å². The van der Waals surface area contributed by atoms with E-state index in [1.807, 2.05) is 29.8 Å². The van der Waals surface area contributed by atoms with Crippen LogP contribution in [0.4, 0.5) is 5.82 Å². The number of aryl methyl sites for hydroxylation is 1. The number of rotatable bonds is 3. The van der Waals surface area contributed by atoms with E-state index in [2.05, 4.69) is 15.3 Å². The van der Waals surface area contributed by atoms with Crippen molar-refractivity contribution in [1.82, 2.24) is 14.5 Å². The zero-order valence-corrected chi connectivity index (χ0v) is 9.42. The van der Waals surface area contributed by atoms with Crippen molar-refractivity contribution in [2.75, 3.05) is 5.32 Å².